The van der Waals surface area contributed by atoms with Gasteiger partial charge in [0.2, 0.25) is 0 Å². The predicted octanol–water partition coefficient (Wildman–Crippen LogP) is 5.16. The van der Waals surface area contributed by atoms with Gasteiger partial charge in [0, 0.05) is 35.8 Å². The van der Waals surface area contributed by atoms with Gasteiger partial charge in [0.15, 0.2) is 5.82 Å². The first-order chi connectivity index (χ1) is 18.7. The molecule has 2 fully saturated rings. The van der Waals surface area contributed by atoms with Crippen molar-refractivity contribution in [3.05, 3.63) is 71.2 Å². The molecule has 0 aliphatic carbocycles. The van der Waals surface area contributed by atoms with E-state index in [1.54, 1.807) is 24.3 Å². The van der Waals surface area contributed by atoms with Crippen molar-refractivity contribution in [1.29, 1.82) is 0 Å². The number of hydrogen-bond acceptors (Lipinski definition) is 6. The Bertz CT molecular complexity index is 1330. The molecule has 3 aromatic rings. The van der Waals surface area contributed by atoms with Gasteiger partial charge in [0.25, 0.3) is 11.8 Å². The number of carbonyl (C=O) groups is 1. The second-order valence-electron chi connectivity index (χ2n) is 9.89. The number of hydrogen-bond donors (Lipinski definition) is 1. The molecule has 0 spiro atoms. The molecule has 7 nitrogen and oxygen atoms in total. The number of likely N-dealkylation sites (tertiary alicyclic amines) is 2. The van der Waals surface area contributed by atoms with E-state index >= 15 is 0 Å². The lowest BCUT2D eigenvalue weighted by molar-refractivity contribution is -0.141. The van der Waals surface area contributed by atoms with Gasteiger partial charge in [-0.25, -0.2) is 14.4 Å². The van der Waals surface area contributed by atoms with Crippen LogP contribution in [0.5, 0.6) is 5.88 Å². The predicted molar refractivity (Wildman–Crippen MR) is 137 cm³/mol. The van der Waals surface area contributed by atoms with Gasteiger partial charge in [-0.15, -0.1) is 0 Å². The Morgan fingerprint density at radius 2 is 1.79 bits per heavy atom. The summed E-state index contributed by atoms with van der Waals surface area (Å²) in [4.78, 5) is 26.0. The van der Waals surface area contributed by atoms with E-state index in [0.717, 1.165) is 51.2 Å². The fourth-order valence-electron chi connectivity index (χ4n) is 5.28. The number of nitrogens with two attached hydrogens (primary N) is 1. The van der Waals surface area contributed by atoms with Crippen molar-refractivity contribution < 1.29 is 27.1 Å². The van der Waals surface area contributed by atoms with Crippen LogP contribution in [-0.4, -0.2) is 57.9 Å². The van der Waals surface area contributed by atoms with Crippen molar-refractivity contribution in [3.8, 4) is 17.1 Å². The van der Waals surface area contributed by atoms with Crippen LogP contribution in [0.15, 0.2) is 48.7 Å². The highest BCUT2D eigenvalue weighted by Gasteiger charge is 2.37. The minimum absolute atomic E-state index is 0.00813. The molecular weight excluding hydrogens is 514 g/mol. The second-order valence-corrected chi connectivity index (χ2v) is 9.89. The molecule has 39 heavy (non-hydrogen) atoms. The van der Waals surface area contributed by atoms with E-state index in [0.29, 0.717) is 16.8 Å². The van der Waals surface area contributed by atoms with Gasteiger partial charge in [-0.2, -0.15) is 13.2 Å². The van der Waals surface area contributed by atoms with Crippen molar-refractivity contribution in [2.75, 3.05) is 31.9 Å². The number of aromatic nitrogens is 2. The Kier molecular flexibility index (Phi) is 7.69. The zero-order valence-corrected chi connectivity index (χ0v) is 21.3. The maximum absolute atomic E-state index is 13.9. The second kappa shape index (κ2) is 11.2. The quantitative estimate of drug-likeness (QED) is 0.415. The lowest BCUT2D eigenvalue weighted by Gasteiger charge is -2.28. The Morgan fingerprint density at radius 3 is 2.51 bits per heavy atom. The highest BCUT2D eigenvalue weighted by molar-refractivity contribution is 5.95. The molecule has 1 aromatic heterocycles. The Morgan fingerprint density at radius 1 is 1.05 bits per heavy atom. The molecule has 1 unspecified atom stereocenters. The zero-order valence-electron chi connectivity index (χ0n) is 21.3. The molecule has 206 valence electrons. The number of amides is 1. The fraction of sp³-hybridized carbons (Fsp3) is 0.393. The first-order valence-electron chi connectivity index (χ1n) is 12.9. The molecule has 1 amide bonds. The van der Waals surface area contributed by atoms with Crippen LogP contribution in [0.25, 0.3) is 11.3 Å². The smallest absolute Gasteiger partial charge is 0.419 e. The van der Waals surface area contributed by atoms with Crippen LogP contribution in [0.1, 0.15) is 47.2 Å². The van der Waals surface area contributed by atoms with Crippen LogP contribution in [0.4, 0.5) is 23.4 Å². The number of ether oxygens (including phenoxy) is 1. The Labute approximate surface area is 223 Å². The van der Waals surface area contributed by atoms with E-state index in [4.69, 9.17) is 10.5 Å². The molecule has 11 heteroatoms. The molecule has 2 aliphatic rings. The molecule has 2 aromatic carbocycles. The summed E-state index contributed by atoms with van der Waals surface area (Å²) in [5.74, 6) is -1.69. The van der Waals surface area contributed by atoms with Crippen LogP contribution in [0, 0.1) is 5.82 Å². The normalized spacial score (nSPS) is 18.1. The van der Waals surface area contributed by atoms with Gasteiger partial charge in [0.05, 0.1) is 17.5 Å². The first kappa shape index (κ1) is 26.9. The monoisotopic (exact) mass is 543 g/mol. The Hall–Kier alpha value is -3.73. The van der Waals surface area contributed by atoms with Crippen LogP contribution < -0.4 is 10.5 Å². The first-order valence-corrected chi connectivity index (χ1v) is 12.9. The molecule has 0 bridgehead atoms. The molecular formula is C28H29F4N5O2. The molecule has 2 N–H and O–H groups in total. The molecule has 5 rings (SSSR count). The lowest BCUT2D eigenvalue weighted by atomic mass is 10.1. The molecule has 1 atom stereocenters. The topological polar surface area (TPSA) is 84.6 Å². The number of nitrogen functional groups attached to an aromatic ring is 1. The van der Waals surface area contributed by atoms with Crippen LogP contribution >= 0.6 is 0 Å². The van der Waals surface area contributed by atoms with Crippen LogP contribution in [0.3, 0.4) is 0 Å². The van der Waals surface area contributed by atoms with Gasteiger partial charge in [0.1, 0.15) is 12.4 Å². The average molecular weight is 544 g/mol. The van der Waals surface area contributed by atoms with Crippen molar-refractivity contribution in [1.82, 2.24) is 19.8 Å². The van der Waals surface area contributed by atoms with E-state index in [1.165, 1.54) is 25.1 Å². The molecule has 0 saturated carbocycles. The minimum Gasteiger partial charge on any atom is -0.470 e. The lowest BCUT2D eigenvalue weighted by Crippen LogP contribution is -2.42. The number of nitrogens with zero attached hydrogens (tertiary/aromatic N) is 4. The van der Waals surface area contributed by atoms with Crippen molar-refractivity contribution in [2.24, 2.45) is 0 Å². The third kappa shape index (κ3) is 5.98. The average Bonchev–Trinajstić information content (AvgIpc) is 3.60. The third-order valence-electron chi connectivity index (χ3n) is 7.25. The molecule has 0 radical (unpaired) electrons. The summed E-state index contributed by atoms with van der Waals surface area (Å²) >= 11 is 0. The number of benzene rings is 2. The van der Waals surface area contributed by atoms with Crippen molar-refractivity contribution in [3.63, 3.8) is 0 Å². The summed E-state index contributed by atoms with van der Waals surface area (Å²) < 4.78 is 59.3. The van der Waals surface area contributed by atoms with Gasteiger partial charge >= 0.3 is 6.18 Å². The summed E-state index contributed by atoms with van der Waals surface area (Å²) in [7, 11) is 0. The number of alkyl halides is 3. The number of rotatable bonds is 7. The minimum atomic E-state index is -4.88. The highest BCUT2D eigenvalue weighted by atomic mass is 19.4. The van der Waals surface area contributed by atoms with Crippen LogP contribution in [0.2, 0.25) is 0 Å². The highest BCUT2D eigenvalue weighted by Crippen LogP contribution is 2.35. The number of anilines is 1. The fourth-order valence-corrected chi connectivity index (χ4v) is 5.28. The summed E-state index contributed by atoms with van der Waals surface area (Å²) in [6.07, 6.45) is 0.946. The van der Waals surface area contributed by atoms with Crippen LogP contribution in [-0.2, 0) is 12.8 Å². The van der Waals surface area contributed by atoms with E-state index in [2.05, 4.69) is 14.9 Å². The SMILES string of the molecule is Nc1ncc(-c2ccc(C(=O)N3CCCC3CN3CCCC3)cc2)nc1OCc1cccc(F)c1C(F)(F)F. The largest absolute Gasteiger partial charge is 0.470 e. The summed E-state index contributed by atoms with van der Waals surface area (Å²) in [6, 6.07) is 10.2. The van der Waals surface area contributed by atoms with Gasteiger partial charge in [-0.05, 0) is 57.0 Å². The zero-order chi connectivity index (χ0) is 27.6. The van der Waals surface area contributed by atoms with Crippen molar-refractivity contribution in [2.45, 2.75) is 44.5 Å². The number of halogens is 4. The van der Waals surface area contributed by atoms with E-state index in [-0.39, 0.29) is 29.2 Å². The maximum atomic E-state index is 13.9. The van der Waals surface area contributed by atoms with E-state index in [1.807, 2.05) is 4.90 Å². The number of carbonyl (C=O) groups excluding carboxylic acids is 1. The summed E-state index contributed by atoms with van der Waals surface area (Å²) in [6.45, 7) is 3.23. The van der Waals surface area contributed by atoms with Crippen molar-refractivity contribution >= 4 is 11.7 Å². The standard InChI is InChI=1S/C28H29F4N5O2/c29-22-7-3-5-20(24(22)28(30,31)32)17-39-26-25(33)34-15-23(35-26)18-8-10-19(11-9-18)27(38)37-14-4-6-21(37)16-36-12-1-2-13-36/h3,5,7-11,15,21H,1-2,4,6,12-14,16-17H2,(H2,33,34). The summed E-state index contributed by atoms with van der Waals surface area (Å²) in [5.41, 5.74) is 5.62. The maximum Gasteiger partial charge on any atom is 0.419 e. The van der Waals surface area contributed by atoms with E-state index < -0.39 is 24.2 Å². The van der Waals surface area contributed by atoms with Gasteiger partial charge in [-0.3, -0.25) is 4.79 Å². The van der Waals surface area contributed by atoms with E-state index in [9.17, 15) is 22.4 Å². The molecule has 3 heterocycles. The third-order valence-corrected chi connectivity index (χ3v) is 7.25. The van der Waals surface area contributed by atoms with Gasteiger partial charge < -0.3 is 20.3 Å². The van der Waals surface area contributed by atoms with Gasteiger partial charge in [-0.1, -0.05) is 24.3 Å². The molecule has 2 saturated heterocycles. The molecule has 2 aliphatic heterocycles. The summed E-state index contributed by atoms with van der Waals surface area (Å²) in [5, 5.41) is 0. The Balaban J connectivity index is 1.29.